The van der Waals surface area contributed by atoms with E-state index in [0.29, 0.717) is 0 Å². The number of carbonyl (C=O) groups excluding carboxylic acids is 2. The molecule has 3 aromatic rings. The van der Waals surface area contributed by atoms with Gasteiger partial charge in [-0.3, -0.25) is 14.7 Å². The van der Waals surface area contributed by atoms with Gasteiger partial charge in [-0.2, -0.15) is 22.6 Å². The number of aromatic amines is 1. The number of alkyl halides is 3. The number of sulfonamides is 1. The number of amides is 2. The number of rotatable bonds is 6. The molecule has 220 valence electrons. The van der Waals surface area contributed by atoms with Crippen LogP contribution in [0.5, 0.6) is 0 Å². The van der Waals surface area contributed by atoms with Crippen LogP contribution in [-0.4, -0.2) is 88.0 Å². The van der Waals surface area contributed by atoms with Crippen LogP contribution in [-0.2, 0) is 28.0 Å². The monoisotopic (exact) mass is 614 g/mol. The zero-order valence-corrected chi connectivity index (χ0v) is 23.3. The lowest BCUT2D eigenvalue weighted by molar-refractivity contribution is -0.140. The van der Waals surface area contributed by atoms with Crippen LogP contribution in [0.2, 0.25) is 5.02 Å². The van der Waals surface area contributed by atoms with E-state index >= 15 is 0 Å². The first-order valence-corrected chi connectivity index (χ1v) is 14.5. The molecule has 2 aromatic heterocycles. The fourth-order valence-electron chi connectivity index (χ4n) is 4.95. The third-order valence-electron chi connectivity index (χ3n) is 7.09. The van der Waals surface area contributed by atoms with Gasteiger partial charge in [0.1, 0.15) is 4.90 Å². The molecule has 1 atom stereocenters. The Labute approximate surface area is 237 Å². The molecule has 5 rings (SSSR count). The molecule has 41 heavy (non-hydrogen) atoms. The van der Waals surface area contributed by atoms with Crippen LogP contribution in [0, 0.1) is 0 Å². The van der Waals surface area contributed by atoms with Gasteiger partial charge in [-0.25, -0.2) is 13.4 Å². The largest absolute Gasteiger partial charge is 0.435 e. The van der Waals surface area contributed by atoms with Crippen LogP contribution < -0.4 is 10.6 Å². The SMILES string of the molecule is Cn1c(-c2c[nH]nc2C(F)(F)F)cnc1C(=O)Nc1ccc(S(=O)(=O)N2CCN(C(=O)[C@@H]3CCCN3)CC2)c(Cl)c1. The van der Waals surface area contributed by atoms with Gasteiger partial charge < -0.3 is 20.1 Å². The third-order valence-corrected chi connectivity index (χ3v) is 9.47. The number of H-pyrrole nitrogens is 1. The molecule has 17 heteroatoms. The van der Waals surface area contributed by atoms with Crippen molar-refractivity contribution < 1.29 is 31.2 Å². The van der Waals surface area contributed by atoms with Crippen molar-refractivity contribution in [2.75, 3.05) is 38.0 Å². The first kappa shape index (κ1) is 29.0. The lowest BCUT2D eigenvalue weighted by atomic mass is 10.2. The first-order chi connectivity index (χ1) is 19.4. The Kier molecular flexibility index (Phi) is 7.84. The predicted molar refractivity (Wildman–Crippen MR) is 142 cm³/mol. The maximum Gasteiger partial charge on any atom is 0.435 e. The van der Waals surface area contributed by atoms with Gasteiger partial charge in [-0.05, 0) is 37.6 Å². The van der Waals surface area contributed by atoms with Crippen molar-refractivity contribution in [1.82, 2.24) is 34.3 Å². The van der Waals surface area contributed by atoms with E-state index in [0.717, 1.165) is 31.8 Å². The molecule has 2 aliphatic rings. The Morgan fingerprint density at radius 1 is 1.17 bits per heavy atom. The molecule has 0 aliphatic carbocycles. The smallest absolute Gasteiger partial charge is 0.339 e. The van der Waals surface area contributed by atoms with Crippen LogP contribution in [0.25, 0.3) is 11.3 Å². The van der Waals surface area contributed by atoms with Crippen molar-refractivity contribution in [1.29, 1.82) is 0 Å². The van der Waals surface area contributed by atoms with E-state index < -0.39 is 27.8 Å². The number of piperazine rings is 1. The van der Waals surface area contributed by atoms with E-state index in [9.17, 15) is 31.2 Å². The van der Waals surface area contributed by atoms with Crippen molar-refractivity contribution in [2.24, 2.45) is 7.05 Å². The Balaban J connectivity index is 1.26. The van der Waals surface area contributed by atoms with Crippen LogP contribution in [0.4, 0.5) is 18.9 Å². The lowest BCUT2D eigenvalue weighted by Crippen LogP contribution is -2.54. The minimum atomic E-state index is -4.71. The summed E-state index contributed by atoms with van der Waals surface area (Å²) in [5.41, 5.74) is -1.25. The maximum atomic E-state index is 13.3. The van der Waals surface area contributed by atoms with E-state index in [2.05, 4.69) is 25.8 Å². The van der Waals surface area contributed by atoms with Gasteiger partial charge in [0.25, 0.3) is 5.91 Å². The lowest BCUT2D eigenvalue weighted by Gasteiger charge is -2.35. The highest BCUT2D eigenvalue weighted by Crippen LogP contribution is 2.35. The number of nitrogens with one attached hydrogen (secondary N) is 3. The van der Waals surface area contributed by atoms with Gasteiger partial charge in [-0.1, -0.05) is 11.6 Å². The summed E-state index contributed by atoms with van der Waals surface area (Å²) in [6, 6.07) is 3.65. The van der Waals surface area contributed by atoms with E-state index in [4.69, 9.17) is 11.6 Å². The molecular weight excluding hydrogens is 589 g/mol. The minimum Gasteiger partial charge on any atom is -0.339 e. The number of hydrogen-bond acceptors (Lipinski definition) is 7. The molecule has 0 radical (unpaired) electrons. The zero-order valence-electron chi connectivity index (χ0n) is 21.7. The third kappa shape index (κ3) is 5.68. The molecule has 12 nitrogen and oxygen atoms in total. The zero-order chi connectivity index (χ0) is 29.5. The van der Waals surface area contributed by atoms with Crippen LogP contribution >= 0.6 is 11.6 Å². The number of halogens is 4. The molecule has 2 fully saturated rings. The van der Waals surface area contributed by atoms with Gasteiger partial charge >= 0.3 is 6.18 Å². The number of anilines is 1. The second-order valence-corrected chi connectivity index (χ2v) is 12.0. The standard InChI is InChI=1S/C24H26ClF3N8O4S/c1-34-18(15-12-31-33-20(15)24(26,27)28)13-30-21(34)22(37)32-14-4-5-19(16(25)11-14)41(39,40)36-9-7-35(8-10-36)23(38)17-3-2-6-29-17/h4-5,11-13,17,29H,2-3,6-10H2,1H3,(H,31,33)(H,32,37)/t17-/m0/s1. The second kappa shape index (κ2) is 11.1. The normalized spacial score (nSPS) is 18.6. The highest BCUT2D eigenvalue weighted by molar-refractivity contribution is 7.89. The number of aromatic nitrogens is 4. The summed E-state index contributed by atoms with van der Waals surface area (Å²) in [5, 5.41) is 11.0. The Hall–Kier alpha value is -3.47. The van der Waals surface area contributed by atoms with Crippen LogP contribution in [0.1, 0.15) is 29.2 Å². The van der Waals surface area contributed by atoms with Crippen molar-refractivity contribution in [3.05, 3.63) is 47.1 Å². The summed E-state index contributed by atoms with van der Waals surface area (Å²) in [4.78, 5) is 31.0. The van der Waals surface area contributed by atoms with E-state index in [1.807, 2.05) is 0 Å². The van der Waals surface area contributed by atoms with Crippen molar-refractivity contribution in [2.45, 2.75) is 30.0 Å². The summed E-state index contributed by atoms with van der Waals surface area (Å²) in [6.07, 6.45) is -0.837. The molecule has 1 aromatic carbocycles. The molecule has 3 N–H and O–H groups in total. The van der Waals surface area contributed by atoms with Gasteiger partial charge in [-0.15, -0.1) is 0 Å². The maximum absolute atomic E-state index is 13.3. The number of benzene rings is 1. The number of hydrogen-bond donors (Lipinski definition) is 3. The first-order valence-electron chi connectivity index (χ1n) is 12.6. The fourth-order valence-corrected chi connectivity index (χ4v) is 6.89. The molecule has 0 saturated carbocycles. The van der Waals surface area contributed by atoms with Crippen molar-refractivity contribution in [3.63, 3.8) is 0 Å². The highest BCUT2D eigenvalue weighted by Gasteiger charge is 2.38. The van der Waals surface area contributed by atoms with Crippen molar-refractivity contribution in [3.8, 4) is 11.3 Å². The molecule has 2 aliphatic heterocycles. The number of carbonyl (C=O) groups is 2. The summed E-state index contributed by atoms with van der Waals surface area (Å²) >= 11 is 6.32. The van der Waals surface area contributed by atoms with E-state index in [-0.39, 0.29) is 70.8 Å². The minimum absolute atomic E-state index is 0.0111. The van der Waals surface area contributed by atoms with Gasteiger partial charge in [0.2, 0.25) is 15.9 Å². The highest BCUT2D eigenvalue weighted by atomic mass is 35.5. The molecule has 2 saturated heterocycles. The summed E-state index contributed by atoms with van der Waals surface area (Å²) in [5.74, 6) is -0.967. The topological polar surface area (TPSA) is 145 Å². The molecule has 0 spiro atoms. The molecule has 0 unspecified atom stereocenters. The average Bonchev–Trinajstić information content (AvgIpc) is 3.69. The second-order valence-electron chi connectivity index (χ2n) is 9.65. The average molecular weight is 615 g/mol. The Morgan fingerprint density at radius 3 is 2.54 bits per heavy atom. The Morgan fingerprint density at radius 2 is 1.90 bits per heavy atom. The molecule has 0 bridgehead atoms. The molecular formula is C24H26ClF3N8O4S. The van der Waals surface area contributed by atoms with E-state index in [1.54, 1.807) is 4.90 Å². The van der Waals surface area contributed by atoms with Crippen LogP contribution in [0.3, 0.4) is 0 Å². The molecule has 2 amide bonds. The van der Waals surface area contributed by atoms with Crippen LogP contribution in [0.15, 0.2) is 35.5 Å². The van der Waals surface area contributed by atoms with Gasteiger partial charge in [0, 0.05) is 45.1 Å². The predicted octanol–water partition coefficient (Wildman–Crippen LogP) is 2.32. The van der Waals surface area contributed by atoms with Gasteiger partial charge in [0.15, 0.2) is 11.5 Å². The summed E-state index contributed by atoms with van der Waals surface area (Å²) in [6.45, 7) is 1.54. The van der Waals surface area contributed by atoms with E-state index in [1.165, 1.54) is 34.1 Å². The van der Waals surface area contributed by atoms with Gasteiger partial charge in [0.05, 0.1) is 28.5 Å². The quantitative estimate of drug-likeness (QED) is 0.386. The molecule has 4 heterocycles. The fraction of sp³-hybridized carbons (Fsp3) is 0.417. The summed E-state index contributed by atoms with van der Waals surface area (Å²) < 4.78 is 68.8. The summed E-state index contributed by atoms with van der Waals surface area (Å²) in [7, 11) is -2.61. The van der Waals surface area contributed by atoms with Crippen molar-refractivity contribution >= 4 is 39.1 Å². The Bertz CT molecular complexity index is 1580. The number of imidazole rings is 1. The number of nitrogens with zero attached hydrogens (tertiary/aromatic N) is 5.